The minimum atomic E-state index is -0.153. The summed E-state index contributed by atoms with van der Waals surface area (Å²) in [5.41, 5.74) is 7.13. The third-order valence-electron chi connectivity index (χ3n) is 2.86. The number of rotatable bonds is 4. The Labute approximate surface area is 115 Å². The highest BCUT2D eigenvalue weighted by Crippen LogP contribution is 2.33. The molecule has 4 nitrogen and oxygen atoms in total. The van der Waals surface area contributed by atoms with Gasteiger partial charge in [-0.2, -0.15) is 0 Å². The monoisotopic (exact) mass is 264 g/mol. The van der Waals surface area contributed by atoms with Crippen LogP contribution in [0.1, 0.15) is 43.6 Å². The summed E-state index contributed by atoms with van der Waals surface area (Å²) in [6.45, 7) is 8.57. The van der Waals surface area contributed by atoms with Gasteiger partial charge in [0.1, 0.15) is 5.75 Å². The van der Waals surface area contributed by atoms with E-state index in [1.165, 1.54) is 0 Å². The number of carbonyl (C=O) groups excluding carboxylic acids is 1. The second kappa shape index (κ2) is 6.06. The second-order valence-corrected chi connectivity index (χ2v) is 5.82. The van der Waals surface area contributed by atoms with Crippen LogP contribution in [-0.2, 0) is 5.41 Å². The van der Waals surface area contributed by atoms with Crippen LogP contribution in [-0.4, -0.2) is 25.6 Å². The number of ether oxygens (including phenoxy) is 1. The summed E-state index contributed by atoms with van der Waals surface area (Å²) in [7, 11) is 1.59. The van der Waals surface area contributed by atoms with Gasteiger partial charge in [-0.25, -0.2) is 0 Å². The van der Waals surface area contributed by atoms with Crippen molar-refractivity contribution in [1.82, 2.24) is 5.32 Å². The van der Waals surface area contributed by atoms with Gasteiger partial charge in [0, 0.05) is 18.2 Å². The average Bonchev–Trinajstić information content (AvgIpc) is 2.33. The summed E-state index contributed by atoms with van der Waals surface area (Å²) < 4.78 is 5.44. The molecule has 0 aliphatic carbocycles. The van der Waals surface area contributed by atoms with E-state index in [0.717, 1.165) is 5.56 Å². The van der Waals surface area contributed by atoms with Gasteiger partial charge in [0.25, 0.3) is 5.91 Å². The lowest BCUT2D eigenvalue weighted by Crippen LogP contribution is -2.35. The molecule has 4 heteroatoms. The van der Waals surface area contributed by atoms with Crippen molar-refractivity contribution >= 4 is 5.91 Å². The molecule has 1 rings (SSSR count). The highest BCUT2D eigenvalue weighted by atomic mass is 16.5. The summed E-state index contributed by atoms with van der Waals surface area (Å²) in [4.78, 5) is 12.2. The number of nitrogens with one attached hydrogen (secondary N) is 1. The molecule has 0 saturated heterocycles. The summed E-state index contributed by atoms with van der Waals surface area (Å²) in [5.74, 6) is 0.484. The van der Waals surface area contributed by atoms with E-state index in [9.17, 15) is 4.79 Å². The van der Waals surface area contributed by atoms with Crippen LogP contribution in [0, 0.1) is 0 Å². The zero-order chi connectivity index (χ0) is 14.6. The number of hydrogen-bond donors (Lipinski definition) is 2. The molecule has 1 amide bonds. The van der Waals surface area contributed by atoms with Crippen molar-refractivity contribution in [2.45, 2.75) is 39.2 Å². The minimum absolute atomic E-state index is 0.0688. The van der Waals surface area contributed by atoms with E-state index >= 15 is 0 Å². The summed E-state index contributed by atoms with van der Waals surface area (Å²) >= 11 is 0. The minimum Gasteiger partial charge on any atom is -0.496 e. The molecule has 3 N–H and O–H groups in total. The van der Waals surface area contributed by atoms with Gasteiger partial charge in [-0.3, -0.25) is 4.79 Å². The van der Waals surface area contributed by atoms with E-state index in [1.54, 1.807) is 13.2 Å². The largest absolute Gasteiger partial charge is 0.496 e. The molecule has 1 unspecified atom stereocenters. The predicted octanol–water partition coefficient (Wildman–Crippen LogP) is 2.07. The number of hydrogen-bond acceptors (Lipinski definition) is 3. The fraction of sp³-hybridized carbons (Fsp3) is 0.533. The molecule has 0 spiro atoms. The average molecular weight is 264 g/mol. The van der Waals surface area contributed by atoms with Crippen LogP contribution in [0.4, 0.5) is 0 Å². The third kappa shape index (κ3) is 3.96. The first-order valence-corrected chi connectivity index (χ1v) is 6.48. The Morgan fingerprint density at radius 2 is 2.05 bits per heavy atom. The van der Waals surface area contributed by atoms with Crippen LogP contribution in [0.2, 0.25) is 0 Å². The molecule has 0 aliphatic rings. The topological polar surface area (TPSA) is 64.3 Å². The number of methoxy groups -OCH3 is 1. The van der Waals surface area contributed by atoms with Crippen molar-refractivity contribution in [1.29, 1.82) is 0 Å². The molecule has 1 aromatic rings. The molecular weight excluding hydrogens is 240 g/mol. The van der Waals surface area contributed by atoms with Crippen LogP contribution in [0.3, 0.4) is 0 Å². The van der Waals surface area contributed by atoms with Gasteiger partial charge >= 0.3 is 0 Å². The van der Waals surface area contributed by atoms with Gasteiger partial charge in [-0.1, -0.05) is 32.9 Å². The van der Waals surface area contributed by atoms with Crippen molar-refractivity contribution < 1.29 is 9.53 Å². The van der Waals surface area contributed by atoms with E-state index in [2.05, 4.69) is 26.1 Å². The maximum atomic E-state index is 12.2. The Kier molecular flexibility index (Phi) is 4.95. The van der Waals surface area contributed by atoms with Gasteiger partial charge in [0.15, 0.2) is 0 Å². The van der Waals surface area contributed by atoms with Crippen molar-refractivity contribution in [3.63, 3.8) is 0 Å². The highest BCUT2D eigenvalue weighted by Gasteiger charge is 2.23. The SMILES string of the molecule is COc1c(C(=O)NCC(C)N)cccc1C(C)(C)C. The molecular formula is C15H24N2O2. The Morgan fingerprint density at radius 3 is 2.53 bits per heavy atom. The number of nitrogens with two attached hydrogens (primary N) is 1. The van der Waals surface area contributed by atoms with Crippen LogP contribution >= 0.6 is 0 Å². The van der Waals surface area contributed by atoms with E-state index in [4.69, 9.17) is 10.5 Å². The molecule has 0 fully saturated rings. The van der Waals surface area contributed by atoms with E-state index in [1.807, 2.05) is 19.1 Å². The first-order chi connectivity index (χ1) is 8.77. The summed E-state index contributed by atoms with van der Waals surface area (Å²) in [5, 5.41) is 2.81. The lowest BCUT2D eigenvalue weighted by Gasteiger charge is -2.23. The first kappa shape index (κ1) is 15.5. The molecule has 0 aliphatic heterocycles. The molecule has 19 heavy (non-hydrogen) atoms. The zero-order valence-electron chi connectivity index (χ0n) is 12.4. The molecule has 0 bridgehead atoms. The number of amides is 1. The summed E-state index contributed by atoms with van der Waals surface area (Å²) in [6, 6.07) is 5.57. The van der Waals surface area contributed by atoms with Crippen molar-refractivity contribution in [3.8, 4) is 5.75 Å². The van der Waals surface area contributed by atoms with Crippen LogP contribution in [0.25, 0.3) is 0 Å². The molecule has 0 heterocycles. The maximum Gasteiger partial charge on any atom is 0.255 e. The van der Waals surface area contributed by atoms with E-state index < -0.39 is 0 Å². The maximum absolute atomic E-state index is 12.2. The zero-order valence-corrected chi connectivity index (χ0v) is 12.4. The second-order valence-electron chi connectivity index (χ2n) is 5.82. The van der Waals surface area contributed by atoms with E-state index in [-0.39, 0.29) is 17.4 Å². The van der Waals surface area contributed by atoms with Gasteiger partial charge in [0.2, 0.25) is 0 Å². The molecule has 1 aromatic carbocycles. The van der Waals surface area contributed by atoms with Gasteiger partial charge in [-0.05, 0) is 18.4 Å². The number of carbonyl (C=O) groups is 1. The number of para-hydroxylation sites is 1. The van der Waals surface area contributed by atoms with Crippen molar-refractivity contribution in [2.75, 3.05) is 13.7 Å². The highest BCUT2D eigenvalue weighted by molar-refractivity contribution is 5.97. The normalized spacial score (nSPS) is 12.9. The Hall–Kier alpha value is -1.55. The van der Waals surface area contributed by atoms with E-state index in [0.29, 0.717) is 17.9 Å². The lowest BCUT2D eigenvalue weighted by molar-refractivity contribution is 0.0948. The fourth-order valence-electron chi connectivity index (χ4n) is 1.88. The lowest BCUT2D eigenvalue weighted by atomic mass is 9.85. The molecule has 106 valence electrons. The summed E-state index contributed by atoms with van der Waals surface area (Å²) in [6.07, 6.45) is 0. The van der Waals surface area contributed by atoms with Gasteiger partial charge in [-0.15, -0.1) is 0 Å². The Morgan fingerprint density at radius 1 is 1.42 bits per heavy atom. The first-order valence-electron chi connectivity index (χ1n) is 6.48. The van der Waals surface area contributed by atoms with Gasteiger partial charge < -0.3 is 15.8 Å². The molecule has 1 atom stereocenters. The Bertz CT molecular complexity index is 448. The Balaban J connectivity index is 3.11. The molecule has 0 radical (unpaired) electrons. The standard InChI is InChI=1S/C15H24N2O2/c1-10(16)9-17-14(18)11-7-6-8-12(13(11)19-5)15(2,3)4/h6-8,10H,9,16H2,1-5H3,(H,17,18). The molecule has 0 saturated carbocycles. The smallest absolute Gasteiger partial charge is 0.255 e. The molecule has 0 aromatic heterocycles. The quantitative estimate of drug-likeness (QED) is 0.875. The van der Waals surface area contributed by atoms with Crippen LogP contribution in [0.5, 0.6) is 5.75 Å². The van der Waals surface area contributed by atoms with Crippen molar-refractivity contribution in [2.24, 2.45) is 5.73 Å². The third-order valence-corrected chi connectivity index (χ3v) is 2.86. The van der Waals surface area contributed by atoms with Crippen LogP contribution < -0.4 is 15.8 Å². The van der Waals surface area contributed by atoms with Crippen LogP contribution in [0.15, 0.2) is 18.2 Å². The fourth-order valence-corrected chi connectivity index (χ4v) is 1.88. The predicted molar refractivity (Wildman–Crippen MR) is 77.7 cm³/mol. The van der Waals surface area contributed by atoms with Crippen molar-refractivity contribution in [3.05, 3.63) is 29.3 Å². The van der Waals surface area contributed by atoms with Gasteiger partial charge in [0.05, 0.1) is 12.7 Å². The number of benzene rings is 1.